The quantitative estimate of drug-likeness (QED) is 0.844. The number of anilines is 1. The minimum atomic E-state index is -0.563. The molecule has 0 aromatic heterocycles. The summed E-state index contributed by atoms with van der Waals surface area (Å²) in [7, 11) is 1.59. The Morgan fingerprint density at radius 3 is 2.55 bits per heavy atom. The second-order valence-corrected chi connectivity index (χ2v) is 4.56. The Hall–Kier alpha value is -2.56. The summed E-state index contributed by atoms with van der Waals surface area (Å²) in [6, 6.07) is 10.4. The number of nitrogen functional groups attached to an aromatic ring is 1. The van der Waals surface area contributed by atoms with Crippen LogP contribution in [0.5, 0.6) is 5.75 Å². The molecule has 0 spiro atoms. The number of phenols is 1. The maximum absolute atomic E-state index is 13.1. The number of nitrogens with two attached hydrogens (primary N) is 1. The van der Waals surface area contributed by atoms with E-state index in [0.717, 1.165) is 17.7 Å². The summed E-state index contributed by atoms with van der Waals surface area (Å²) in [5.41, 5.74) is 7.08. The highest BCUT2D eigenvalue weighted by molar-refractivity contribution is 5.96. The number of carbonyl (C=O) groups excluding carboxylic acids is 1. The maximum Gasteiger partial charge on any atom is 0.257 e. The van der Waals surface area contributed by atoms with Gasteiger partial charge in [0.1, 0.15) is 11.6 Å². The van der Waals surface area contributed by atoms with Crippen molar-refractivity contribution in [1.82, 2.24) is 4.90 Å². The molecule has 104 valence electrons. The molecule has 0 atom stereocenters. The first-order valence-corrected chi connectivity index (χ1v) is 6.06. The molecule has 0 aliphatic carbocycles. The van der Waals surface area contributed by atoms with Crippen molar-refractivity contribution >= 4 is 11.6 Å². The van der Waals surface area contributed by atoms with Crippen molar-refractivity contribution in [3.63, 3.8) is 0 Å². The van der Waals surface area contributed by atoms with E-state index in [1.165, 1.54) is 11.0 Å². The standard InChI is InChI=1S/C15H15FN2O2/c1-18(9-10-2-5-12(17)6-3-10)15(20)13-8-11(16)4-7-14(13)19/h2-8,19H,9,17H2,1H3. The van der Waals surface area contributed by atoms with Crippen molar-refractivity contribution < 1.29 is 14.3 Å². The molecular formula is C15H15FN2O2. The molecular weight excluding hydrogens is 259 g/mol. The number of carbonyl (C=O) groups is 1. The summed E-state index contributed by atoms with van der Waals surface area (Å²) in [4.78, 5) is 13.6. The predicted octanol–water partition coefficient (Wildman–Crippen LogP) is 2.39. The number of nitrogens with zero attached hydrogens (tertiary/aromatic N) is 1. The maximum atomic E-state index is 13.1. The molecule has 0 bridgehead atoms. The van der Waals surface area contributed by atoms with Crippen LogP contribution in [0.25, 0.3) is 0 Å². The number of hydrogen-bond donors (Lipinski definition) is 2. The van der Waals surface area contributed by atoms with Crippen LogP contribution in [-0.2, 0) is 6.54 Å². The molecule has 2 aromatic carbocycles. The Kier molecular flexibility index (Phi) is 3.89. The summed E-state index contributed by atoms with van der Waals surface area (Å²) in [6.07, 6.45) is 0. The van der Waals surface area contributed by atoms with Crippen molar-refractivity contribution in [3.05, 3.63) is 59.4 Å². The van der Waals surface area contributed by atoms with E-state index in [9.17, 15) is 14.3 Å². The number of hydrogen-bond acceptors (Lipinski definition) is 3. The minimum absolute atomic E-state index is 0.0528. The van der Waals surface area contributed by atoms with E-state index in [4.69, 9.17) is 5.73 Å². The third-order valence-electron chi connectivity index (χ3n) is 2.94. The largest absolute Gasteiger partial charge is 0.507 e. The van der Waals surface area contributed by atoms with Crippen LogP contribution in [0.2, 0.25) is 0 Å². The van der Waals surface area contributed by atoms with Gasteiger partial charge in [-0.05, 0) is 35.9 Å². The number of aromatic hydroxyl groups is 1. The highest BCUT2D eigenvalue weighted by Gasteiger charge is 2.16. The third kappa shape index (κ3) is 3.06. The number of halogens is 1. The van der Waals surface area contributed by atoms with Crippen molar-refractivity contribution in [2.75, 3.05) is 12.8 Å². The first-order chi connectivity index (χ1) is 9.47. The van der Waals surface area contributed by atoms with E-state index in [0.29, 0.717) is 12.2 Å². The zero-order valence-electron chi connectivity index (χ0n) is 11.0. The summed E-state index contributed by atoms with van der Waals surface area (Å²) < 4.78 is 13.1. The van der Waals surface area contributed by atoms with Gasteiger partial charge in [-0.2, -0.15) is 0 Å². The Balaban J connectivity index is 2.16. The first kappa shape index (κ1) is 13.9. The minimum Gasteiger partial charge on any atom is -0.507 e. The lowest BCUT2D eigenvalue weighted by atomic mass is 10.1. The van der Waals surface area contributed by atoms with Gasteiger partial charge in [-0.15, -0.1) is 0 Å². The van der Waals surface area contributed by atoms with Crippen molar-refractivity contribution in [3.8, 4) is 5.75 Å². The van der Waals surface area contributed by atoms with Gasteiger partial charge in [-0.3, -0.25) is 4.79 Å². The summed E-state index contributed by atoms with van der Waals surface area (Å²) >= 11 is 0. The van der Waals surface area contributed by atoms with E-state index < -0.39 is 11.7 Å². The number of phenolic OH excluding ortho intramolecular Hbond substituents is 1. The molecule has 0 heterocycles. The van der Waals surface area contributed by atoms with Crippen molar-refractivity contribution in [2.24, 2.45) is 0 Å². The second-order valence-electron chi connectivity index (χ2n) is 4.56. The molecule has 3 N–H and O–H groups in total. The SMILES string of the molecule is CN(Cc1ccc(N)cc1)C(=O)c1cc(F)ccc1O. The van der Waals surface area contributed by atoms with Crippen LogP contribution in [0.4, 0.5) is 10.1 Å². The fourth-order valence-electron chi connectivity index (χ4n) is 1.85. The summed E-state index contributed by atoms with van der Waals surface area (Å²) in [5.74, 6) is -1.24. The Bertz CT molecular complexity index is 626. The van der Waals surface area contributed by atoms with Crippen LogP contribution in [0, 0.1) is 5.82 Å². The molecule has 0 saturated heterocycles. The fraction of sp³-hybridized carbons (Fsp3) is 0.133. The van der Waals surface area contributed by atoms with Crippen LogP contribution in [0.1, 0.15) is 15.9 Å². The average molecular weight is 274 g/mol. The lowest BCUT2D eigenvalue weighted by Gasteiger charge is -2.18. The molecule has 5 heteroatoms. The molecule has 20 heavy (non-hydrogen) atoms. The van der Waals surface area contributed by atoms with Crippen LogP contribution in [-0.4, -0.2) is 23.0 Å². The summed E-state index contributed by atoms with van der Waals surface area (Å²) in [6.45, 7) is 0.342. The van der Waals surface area contributed by atoms with E-state index in [-0.39, 0.29) is 11.3 Å². The van der Waals surface area contributed by atoms with Crippen LogP contribution < -0.4 is 5.73 Å². The first-order valence-electron chi connectivity index (χ1n) is 6.06. The number of amides is 1. The van der Waals surface area contributed by atoms with Gasteiger partial charge in [-0.25, -0.2) is 4.39 Å². The zero-order valence-corrected chi connectivity index (χ0v) is 11.0. The Morgan fingerprint density at radius 1 is 1.25 bits per heavy atom. The number of rotatable bonds is 3. The van der Waals surface area contributed by atoms with Gasteiger partial charge in [-0.1, -0.05) is 12.1 Å². The van der Waals surface area contributed by atoms with Crippen LogP contribution >= 0.6 is 0 Å². The molecule has 0 fully saturated rings. The third-order valence-corrected chi connectivity index (χ3v) is 2.94. The summed E-state index contributed by atoms with van der Waals surface area (Å²) in [5, 5.41) is 9.63. The van der Waals surface area contributed by atoms with Gasteiger partial charge >= 0.3 is 0 Å². The van der Waals surface area contributed by atoms with Gasteiger partial charge < -0.3 is 15.7 Å². The van der Waals surface area contributed by atoms with Gasteiger partial charge in [0, 0.05) is 19.3 Å². The molecule has 0 unspecified atom stereocenters. The van der Waals surface area contributed by atoms with Crippen molar-refractivity contribution in [2.45, 2.75) is 6.54 Å². The van der Waals surface area contributed by atoms with Gasteiger partial charge in [0.05, 0.1) is 5.56 Å². The molecule has 0 saturated carbocycles. The van der Waals surface area contributed by atoms with Gasteiger partial charge in [0.15, 0.2) is 0 Å². The molecule has 0 aliphatic rings. The Labute approximate surface area is 116 Å². The number of benzene rings is 2. The van der Waals surface area contributed by atoms with E-state index in [2.05, 4.69) is 0 Å². The molecule has 4 nitrogen and oxygen atoms in total. The second kappa shape index (κ2) is 5.61. The molecule has 0 radical (unpaired) electrons. The molecule has 2 aromatic rings. The highest BCUT2D eigenvalue weighted by atomic mass is 19.1. The average Bonchev–Trinajstić information content (AvgIpc) is 2.43. The van der Waals surface area contributed by atoms with Gasteiger partial charge in [0.2, 0.25) is 0 Å². The van der Waals surface area contributed by atoms with E-state index in [1.807, 2.05) is 12.1 Å². The van der Waals surface area contributed by atoms with E-state index in [1.54, 1.807) is 19.2 Å². The molecule has 2 rings (SSSR count). The molecule has 0 aliphatic heterocycles. The highest BCUT2D eigenvalue weighted by Crippen LogP contribution is 2.20. The van der Waals surface area contributed by atoms with Crippen LogP contribution in [0.3, 0.4) is 0 Å². The normalized spacial score (nSPS) is 10.3. The van der Waals surface area contributed by atoms with E-state index >= 15 is 0 Å². The lowest BCUT2D eigenvalue weighted by molar-refractivity contribution is 0.0781. The zero-order chi connectivity index (χ0) is 14.7. The van der Waals surface area contributed by atoms with Gasteiger partial charge in [0.25, 0.3) is 5.91 Å². The smallest absolute Gasteiger partial charge is 0.257 e. The molecule has 1 amide bonds. The topological polar surface area (TPSA) is 66.6 Å². The fourth-order valence-corrected chi connectivity index (χ4v) is 1.85. The van der Waals surface area contributed by atoms with Crippen LogP contribution in [0.15, 0.2) is 42.5 Å². The lowest BCUT2D eigenvalue weighted by Crippen LogP contribution is -2.26. The predicted molar refractivity (Wildman–Crippen MR) is 74.7 cm³/mol. The monoisotopic (exact) mass is 274 g/mol. The van der Waals surface area contributed by atoms with Crippen molar-refractivity contribution in [1.29, 1.82) is 0 Å². The Morgan fingerprint density at radius 2 is 1.90 bits per heavy atom.